The number of aliphatic hydroxyl groups is 1. The maximum atomic E-state index is 10.0. The van der Waals surface area contributed by atoms with E-state index in [4.69, 9.17) is 10.5 Å². The highest BCUT2D eigenvalue weighted by molar-refractivity contribution is 14.1. The van der Waals surface area contributed by atoms with Crippen molar-refractivity contribution in [1.29, 1.82) is 0 Å². The lowest BCUT2D eigenvalue weighted by Gasteiger charge is -2.18. The van der Waals surface area contributed by atoms with Gasteiger partial charge in [-0.1, -0.05) is 0 Å². The van der Waals surface area contributed by atoms with Gasteiger partial charge in [-0.15, -0.1) is 0 Å². The summed E-state index contributed by atoms with van der Waals surface area (Å²) in [6, 6.07) is 0. The normalized spacial score (nSPS) is 12.0. The van der Waals surface area contributed by atoms with E-state index >= 15 is 0 Å². The van der Waals surface area contributed by atoms with E-state index in [1.807, 2.05) is 10.8 Å². The van der Waals surface area contributed by atoms with Crippen LogP contribution in [0.5, 0.6) is 0 Å². The standard InChI is InChI=1S/C14H22IN5O2/c1-14(2,21)8-20-7-10(15)11-12(18-9-19-13(11)20)17-4-6-22-5-3-16/h7,9,21H,3-6,8,16H2,1-2H3,(H,17,18,19). The zero-order valence-corrected chi connectivity index (χ0v) is 15.0. The van der Waals surface area contributed by atoms with Crippen LogP contribution >= 0.6 is 22.6 Å². The molecule has 0 fully saturated rings. The van der Waals surface area contributed by atoms with E-state index < -0.39 is 5.60 Å². The summed E-state index contributed by atoms with van der Waals surface area (Å²) in [5, 5.41) is 14.3. The summed E-state index contributed by atoms with van der Waals surface area (Å²) in [6.07, 6.45) is 3.51. The summed E-state index contributed by atoms with van der Waals surface area (Å²) < 4.78 is 8.34. The molecule has 122 valence electrons. The molecule has 0 saturated heterocycles. The number of nitrogens with two attached hydrogens (primary N) is 1. The first-order valence-electron chi connectivity index (χ1n) is 7.16. The predicted molar refractivity (Wildman–Crippen MR) is 94.9 cm³/mol. The Labute approximate surface area is 143 Å². The van der Waals surface area contributed by atoms with Gasteiger partial charge >= 0.3 is 0 Å². The van der Waals surface area contributed by atoms with Crippen molar-refractivity contribution in [2.75, 3.05) is 31.6 Å². The van der Waals surface area contributed by atoms with Gasteiger partial charge in [0.1, 0.15) is 17.8 Å². The number of anilines is 1. The summed E-state index contributed by atoms with van der Waals surface area (Å²) >= 11 is 2.26. The predicted octanol–water partition coefficient (Wildman–Crippen LogP) is 1.19. The Morgan fingerprint density at radius 2 is 2.18 bits per heavy atom. The van der Waals surface area contributed by atoms with E-state index in [1.165, 1.54) is 6.33 Å². The fraction of sp³-hybridized carbons (Fsp3) is 0.571. The zero-order chi connectivity index (χ0) is 16.2. The molecule has 0 aromatic carbocycles. The van der Waals surface area contributed by atoms with E-state index in [0.717, 1.165) is 20.4 Å². The SMILES string of the molecule is CC(C)(O)Cn1cc(I)c2c(NCCOCCN)ncnc21. The molecule has 0 aliphatic carbocycles. The topological polar surface area (TPSA) is 98.2 Å². The molecule has 2 rings (SSSR count). The van der Waals surface area contributed by atoms with Gasteiger partial charge in [0, 0.05) is 22.9 Å². The van der Waals surface area contributed by atoms with Crippen LogP contribution in [0, 0.1) is 3.57 Å². The largest absolute Gasteiger partial charge is 0.389 e. The van der Waals surface area contributed by atoms with Crippen molar-refractivity contribution in [3.05, 3.63) is 16.1 Å². The molecule has 2 heterocycles. The van der Waals surface area contributed by atoms with Gasteiger partial charge in [0.2, 0.25) is 0 Å². The second kappa shape index (κ2) is 7.53. The fourth-order valence-corrected chi connectivity index (χ4v) is 3.01. The second-order valence-corrected chi connectivity index (χ2v) is 6.83. The Kier molecular flexibility index (Phi) is 5.95. The Bertz CT molecular complexity index is 623. The second-order valence-electron chi connectivity index (χ2n) is 5.67. The molecule has 0 unspecified atom stereocenters. The highest BCUT2D eigenvalue weighted by Gasteiger charge is 2.18. The van der Waals surface area contributed by atoms with Gasteiger partial charge in [0.05, 0.1) is 30.7 Å². The lowest BCUT2D eigenvalue weighted by atomic mass is 10.1. The van der Waals surface area contributed by atoms with Crippen molar-refractivity contribution in [3.8, 4) is 0 Å². The van der Waals surface area contributed by atoms with Gasteiger partial charge in [-0.2, -0.15) is 0 Å². The summed E-state index contributed by atoms with van der Waals surface area (Å²) in [6.45, 7) is 6.34. The molecule has 0 aliphatic rings. The highest BCUT2D eigenvalue weighted by atomic mass is 127. The molecule has 8 heteroatoms. The van der Waals surface area contributed by atoms with E-state index in [1.54, 1.807) is 13.8 Å². The van der Waals surface area contributed by atoms with Crippen LogP contribution in [0.25, 0.3) is 11.0 Å². The highest BCUT2D eigenvalue weighted by Crippen LogP contribution is 2.27. The molecule has 2 aromatic heterocycles. The molecule has 0 atom stereocenters. The van der Waals surface area contributed by atoms with Gasteiger partial charge in [-0.25, -0.2) is 9.97 Å². The lowest BCUT2D eigenvalue weighted by molar-refractivity contribution is 0.0626. The molecular weight excluding hydrogens is 397 g/mol. The molecule has 4 N–H and O–H groups in total. The number of halogens is 1. The monoisotopic (exact) mass is 419 g/mol. The van der Waals surface area contributed by atoms with Crippen molar-refractivity contribution in [1.82, 2.24) is 14.5 Å². The third kappa shape index (κ3) is 4.51. The lowest BCUT2D eigenvalue weighted by Crippen LogP contribution is -2.25. The van der Waals surface area contributed by atoms with Crippen LogP contribution in [0.15, 0.2) is 12.5 Å². The van der Waals surface area contributed by atoms with E-state index in [0.29, 0.717) is 32.8 Å². The molecular formula is C14H22IN5O2. The molecule has 0 bridgehead atoms. The number of rotatable bonds is 8. The van der Waals surface area contributed by atoms with Crippen LogP contribution < -0.4 is 11.1 Å². The van der Waals surface area contributed by atoms with Gasteiger partial charge in [-0.05, 0) is 36.4 Å². The van der Waals surface area contributed by atoms with E-state index in [9.17, 15) is 5.11 Å². The minimum absolute atomic E-state index is 0.475. The van der Waals surface area contributed by atoms with Crippen LogP contribution in [0.4, 0.5) is 5.82 Å². The molecule has 7 nitrogen and oxygen atoms in total. The van der Waals surface area contributed by atoms with Crippen LogP contribution in [-0.2, 0) is 11.3 Å². The van der Waals surface area contributed by atoms with E-state index in [-0.39, 0.29) is 0 Å². The van der Waals surface area contributed by atoms with Crippen molar-refractivity contribution in [2.24, 2.45) is 5.73 Å². The Morgan fingerprint density at radius 1 is 1.41 bits per heavy atom. The van der Waals surface area contributed by atoms with Crippen molar-refractivity contribution in [2.45, 2.75) is 26.0 Å². The average Bonchev–Trinajstić information content (AvgIpc) is 2.74. The summed E-state index contributed by atoms with van der Waals surface area (Å²) in [7, 11) is 0. The number of fused-ring (bicyclic) bond motifs is 1. The first-order chi connectivity index (χ1) is 10.4. The number of ether oxygens (including phenoxy) is 1. The number of nitrogens with one attached hydrogen (secondary N) is 1. The van der Waals surface area contributed by atoms with Gasteiger partial charge in [-0.3, -0.25) is 0 Å². The molecule has 0 amide bonds. The van der Waals surface area contributed by atoms with Crippen molar-refractivity contribution < 1.29 is 9.84 Å². The van der Waals surface area contributed by atoms with Gasteiger partial charge < -0.3 is 25.5 Å². The first kappa shape index (κ1) is 17.4. The van der Waals surface area contributed by atoms with Gasteiger partial charge in [0.15, 0.2) is 0 Å². The van der Waals surface area contributed by atoms with E-state index in [2.05, 4.69) is 37.9 Å². The molecule has 0 aliphatic heterocycles. The Balaban J connectivity index is 2.18. The molecule has 0 spiro atoms. The zero-order valence-electron chi connectivity index (χ0n) is 12.8. The average molecular weight is 419 g/mol. The Morgan fingerprint density at radius 3 is 2.86 bits per heavy atom. The molecule has 0 radical (unpaired) electrons. The number of aromatic nitrogens is 3. The molecule has 0 saturated carbocycles. The minimum Gasteiger partial charge on any atom is -0.389 e. The molecule has 22 heavy (non-hydrogen) atoms. The number of hydrogen-bond acceptors (Lipinski definition) is 6. The van der Waals surface area contributed by atoms with Crippen LogP contribution in [0.2, 0.25) is 0 Å². The summed E-state index contributed by atoms with van der Waals surface area (Å²) in [5.74, 6) is 0.778. The van der Waals surface area contributed by atoms with Crippen molar-refractivity contribution in [3.63, 3.8) is 0 Å². The molecule has 2 aromatic rings. The Hall–Kier alpha value is -0.970. The van der Waals surface area contributed by atoms with Crippen molar-refractivity contribution >= 4 is 39.4 Å². The number of hydrogen-bond donors (Lipinski definition) is 3. The van der Waals surface area contributed by atoms with Crippen LogP contribution in [0.3, 0.4) is 0 Å². The maximum absolute atomic E-state index is 10.0. The third-order valence-electron chi connectivity index (χ3n) is 2.97. The summed E-state index contributed by atoms with van der Waals surface area (Å²) in [4.78, 5) is 8.66. The first-order valence-corrected chi connectivity index (χ1v) is 8.23. The van der Waals surface area contributed by atoms with Crippen LogP contribution in [0.1, 0.15) is 13.8 Å². The smallest absolute Gasteiger partial charge is 0.146 e. The maximum Gasteiger partial charge on any atom is 0.146 e. The summed E-state index contributed by atoms with van der Waals surface area (Å²) in [5.41, 5.74) is 5.39. The quantitative estimate of drug-likeness (QED) is 0.440. The van der Waals surface area contributed by atoms with Gasteiger partial charge in [0.25, 0.3) is 0 Å². The number of nitrogens with zero attached hydrogens (tertiary/aromatic N) is 3. The minimum atomic E-state index is -0.802. The third-order valence-corrected chi connectivity index (χ3v) is 3.78. The van der Waals surface area contributed by atoms with Crippen LogP contribution in [-0.4, -0.2) is 51.5 Å². The fourth-order valence-electron chi connectivity index (χ4n) is 2.17.